The molecule has 1 saturated carbocycles. The molecule has 0 aromatic carbocycles. The standard InChI is InChI=1S/C17H29N5O4S.HI/c1-2-18-16(19-14-17(23)6-3-4-7-17)21-8-10-22(11-9-21)27(24,25)13-15-5-12-26-20-15;/h5,12,23H,2-4,6-11,13-14H2,1H3,(H,18,19);1H. The normalized spacial score (nSPS) is 20.8. The Morgan fingerprint density at radius 3 is 2.57 bits per heavy atom. The lowest BCUT2D eigenvalue weighted by atomic mass is 10.0. The van der Waals surface area contributed by atoms with E-state index in [4.69, 9.17) is 4.52 Å². The summed E-state index contributed by atoms with van der Waals surface area (Å²) in [6.07, 6.45) is 5.06. The van der Waals surface area contributed by atoms with Crippen molar-refractivity contribution in [1.82, 2.24) is 19.7 Å². The Kier molecular flexibility index (Phi) is 8.52. The molecule has 0 amide bonds. The first-order valence-corrected chi connectivity index (χ1v) is 11.2. The maximum atomic E-state index is 12.5. The molecule has 0 spiro atoms. The highest BCUT2D eigenvalue weighted by Crippen LogP contribution is 2.29. The Morgan fingerprint density at radius 1 is 1.32 bits per heavy atom. The zero-order chi connectivity index (χ0) is 19.3. The van der Waals surface area contributed by atoms with Crippen LogP contribution in [0.15, 0.2) is 21.8 Å². The van der Waals surface area contributed by atoms with Crippen LogP contribution in [0.1, 0.15) is 38.3 Å². The van der Waals surface area contributed by atoms with Crippen LogP contribution in [0.3, 0.4) is 0 Å². The van der Waals surface area contributed by atoms with Gasteiger partial charge in [0.1, 0.15) is 12.0 Å². The second-order valence-electron chi connectivity index (χ2n) is 7.23. The highest BCUT2D eigenvalue weighted by molar-refractivity contribution is 14.0. The van der Waals surface area contributed by atoms with Crippen LogP contribution in [0.5, 0.6) is 0 Å². The smallest absolute Gasteiger partial charge is 0.220 e. The average molecular weight is 527 g/mol. The molecule has 0 bridgehead atoms. The number of halogens is 1. The molecule has 0 radical (unpaired) electrons. The molecule has 9 nitrogen and oxygen atoms in total. The van der Waals surface area contributed by atoms with Gasteiger partial charge >= 0.3 is 0 Å². The van der Waals surface area contributed by atoms with Crippen LogP contribution in [0, 0.1) is 0 Å². The average Bonchev–Trinajstić information content (AvgIpc) is 3.31. The van der Waals surface area contributed by atoms with Gasteiger partial charge in [-0.2, -0.15) is 4.31 Å². The van der Waals surface area contributed by atoms with Crippen molar-refractivity contribution in [3.05, 3.63) is 18.0 Å². The largest absolute Gasteiger partial charge is 0.388 e. The highest BCUT2D eigenvalue weighted by atomic mass is 127. The number of piperazine rings is 1. The van der Waals surface area contributed by atoms with Crippen LogP contribution in [-0.2, 0) is 15.8 Å². The number of guanidine groups is 1. The minimum Gasteiger partial charge on any atom is -0.388 e. The molecule has 1 saturated heterocycles. The molecule has 2 fully saturated rings. The lowest BCUT2D eigenvalue weighted by Gasteiger charge is -2.36. The number of nitrogens with zero attached hydrogens (tertiary/aromatic N) is 4. The molecule has 1 aliphatic heterocycles. The summed E-state index contributed by atoms with van der Waals surface area (Å²) in [5.41, 5.74) is -0.277. The van der Waals surface area contributed by atoms with Gasteiger partial charge in [0.15, 0.2) is 5.96 Å². The van der Waals surface area contributed by atoms with Crippen LogP contribution in [0.2, 0.25) is 0 Å². The van der Waals surface area contributed by atoms with Gasteiger partial charge in [0.25, 0.3) is 0 Å². The number of aromatic nitrogens is 1. The molecule has 2 heterocycles. The summed E-state index contributed by atoms with van der Waals surface area (Å²) in [6, 6.07) is 1.57. The molecule has 0 atom stereocenters. The van der Waals surface area contributed by atoms with Crippen LogP contribution in [0.4, 0.5) is 0 Å². The summed E-state index contributed by atoms with van der Waals surface area (Å²) < 4.78 is 31.3. The van der Waals surface area contributed by atoms with Crippen molar-refractivity contribution in [2.45, 2.75) is 44.0 Å². The minimum absolute atomic E-state index is 0. The quantitative estimate of drug-likeness (QED) is 0.323. The fourth-order valence-corrected chi connectivity index (χ4v) is 5.03. The molecule has 160 valence electrons. The first-order chi connectivity index (χ1) is 12.9. The van der Waals surface area contributed by atoms with E-state index in [0.29, 0.717) is 38.4 Å². The molecular weight excluding hydrogens is 497 g/mol. The SMILES string of the molecule is CCNC(=NCC1(O)CCCC1)N1CCN(S(=O)(=O)Cc2ccon2)CC1.I. The predicted octanol–water partition coefficient (Wildman–Crippen LogP) is 1.01. The van der Waals surface area contributed by atoms with Gasteiger partial charge in [-0.25, -0.2) is 8.42 Å². The van der Waals surface area contributed by atoms with Crippen molar-refractivity contribution in [2.75, 3.05) is 39.3 Å². The Hall–Kier alpha value is -0.920. The molecular formula is C17H30IN5O4S. The van der Waals surface area contributed by atoms with Gasteiger partial charge in [-0.1, -0.05) is 18.0 Å². The first-order valence-electron chi connectivity index (χ1n) is 9.55. The van der Waals surface area contributed by atoms with Crippen molar-refractivity contribution >= 4 is 40.0 Å². The van der Waals surface area contributed by atoms with E-state index in [1.54, 1.807) is 6.07 Å². The zero-order valence-electron chi connectivity index (χ0n) is 16.2. The van der Waals surface area contributed by atoms with E-state index >= 15 is 0 Å². The van der Waals surface area contributed by atoms with E-state index in [9.17, 15) is 13.5 Å². The monoisotopic (exact) mass is 527 g/mol. The maximum Gasteiger partial charge on any atom is 0.220 e. The van der Waals surface area contributed by atoms with Gasteiger partial charge < -0.3 is 19.8 Å². The molecule has 2 N–H and O–H groups in total. The van der Waals surface area contributed by atoms with Gasteiger partial charge in [0.2, 0.25) is 10.0 Å². The third-order valence-electron chi connectivity index (χ3n) is 5.15. The topological polar surface area (TPSA) is 111 Å². The Labute approximate surface area is 183 Å². The number of nitrogens with one attached hydrogen (secondary N) is 1. The number of hydrogen-bond donors (Lipinski definition) is 2. The second kappa shape index (κ2) is 10.2. The molecule has 1 aromatic rings. The molecule has 28 heavy (non-hydrogen) atoms. The molecule has 1 aliphatic carbocycles. The molecule has 2 aliphatic rings. The van der Waals surface area contributed by atoms with Crippen molar-refractivity contribution in [2.24, 2.45) is 4.99 Å². The van der Waals surface area contributed by atoms with E-state index in [1.165, 1.54) is 10.6 Å². The second-order valence-corrected chi connectivity index (χ2v) is 9.20. The number of aliphatic imine (C=N–C) groups is 1. The van der Waals surface area contributed by atoms with Crippen LogP contribution in [0.25, 0.3) is 0 Å². The number of sulfonamides is 1. The first kappa shape index (κ1) is 23.4. The van der Waals surface area contributed by atoms with Gasteiger partial charge in [-0.15, -0.1) is 24.0 Å². The van der Waals surface area contributed by atoms with Crippen LogP contribution >= 0.6 is 24.0 Å². The van der Waals surface area contributed by atoms with Crippen molar-refractivity contribution < 1.29 is 18.0 Å². The molecule has 0 unspecified atom stereocenters. The third kappa shape index (κ3) is 6.04. The van der Waals surface area contributed by atoms with Gasteiger partial charge in [0.05, 0.1) is 17.8 Å². The van der Waals surface area contributed by atoms with E-state index in [0.717, 1.165) is 38.2 Å². The van der Waals surface area contributed by atoms with E-state index in [-0.39, 0.29) is 29.7 Å². The summed E-state index contributed by atoms with van der Waals surface area (Å²) in [5.74, 6) is 0.594. The predicted molar refractivity (Wildman–Crippen MR) is 117 cm³/mol. The highest BCUT2D eigenvalue weighted by Gasteiger charge is 2.32. The Bertz CT molecular complexity index is 727. The third-order valence-corrected chi connectivity index (χ3v) is 6.96. The number of rotatable bonds is 6. The lowest BCUT2D eigenvalue weighted by Crippen LogP contribution is -2.54. The maximum absolute atomic E-state index is 12.5. The van der Waals surface area contributed by atoms with Crippen LogP contribution in [-0.4, -0.2) is 78.7 Å². The van der Waals surface area contributed by atoms with Crippen LogP contribution < -0.4 is 5.32 Å². The lowest BCUT2D eigenvalue weighted by molar-refractivity contribution is 0.0571. The van der Waals surface area contributed by atoms with Crippen molar-refractivity contribution in [3.63, 3.8) is 0 Å². The van der Waals surface area contributed by atoms with E-state index in [1.807, 2.05) is 6.92 Å². The summed E-state index contributed by atoms with van der Waals surface area (Å²) in [5, 5.41) is 17.5. The van der Waals surface area contributed by atoms with Crippen molar-refractivity contribution in [1.29, 1.82) is 0 Å². The van der Waals surface area contributed by atoms with Gasteiger partial charge in [-0.05, 0) is 19.8 Å². The molecule has 11 heteroatoms. The van der Waals surface area contributed by atoms with Gasteiger partial charge in [-0.3, -0.25) is 4.99 Å². The minimum atomic E-state index is -3.42. The molecule has 3 rings (SSSR count). The summed E-state index contributed by atoms with van der Waals surface area (Å²) in [4.78, 5) is 6.69. The van der Waals surface area contributed by atoms with E-state index < -0.39 is 15.6 Å². The summed E-state index contributed by atoms with van der Waals surface area (Å²) in [7, 11) is -3.42. The summed E-state index contributed by atoms with van der Waals surface area (Å²) in [6.45, 7) is 5.02. The van der Waals surface area contributed by atoms with Crippen molar-refractivity contribution in [3.8, 4) is 0 Å². The number of hydrogen-bond acceptors (Lipinski definition) is 6. The Balaban J connectivity index is 0.00000280. The number of aliphatic hydroxyl groups is 1. The zero-order valence-corrected chi connectivity index (χ0v) is 19.4. The fraction of sp³-hybridized carbons (Fsp3) is 0.765. The Morgan fingerprint density at radius 2 is 2.00 bits per heavy atom. The fourth-order valence-electron chi connectivity index (χ4n) is 3.61. The van der Waals surface area contributed by atoms with E-state index in [2.05, 4.69) is 20.4 Å². The van der Waals surface area contributed by atoms with Gasteiger partial charge in [0, 0.05) is 38.8 Å². The molecule has 1 aromatic heterocycles. The summed E-state index contributed by atoms with van der Waals surface area (Å²) >= 11 is 0.